The third kappa shape index (κ3) is 3.09. The molecule has 0 amide bonds. The number of nitrogens with zero attached hydrogens (tertiary/aromatic N) is 1. The van der Waals surface area contributed by atoms with Gasteiger partial charge in [-0.25, -0.2) is 9.78 Å². The van der Waals surface area contributed by atoms with E-state index < -0.39 is 5.97 Å². The summed E-state index contributed by atoms with van der Waals surface area (Å²) in [6, 6.07) is 10.1. The van der Waals surface area contributed by atoms with Crippen LogP contribution in [0.4, 0.5) is 0 Å². The number of carbonyl (C=O) groups excluding carboxylic acids is 1. The van der Waals surface area contributed by atoms with Crippen LogP contribution in [0.15, 0.2) is 40.9 Å². The SMILES string of the molecule is Cc1cccc(C(=O)Oc2ccc(Cl)cc2Br)n1. The van der Waals surface area contributed by atoms with E-state index >= 15 is 0 Å². The lowest BCUT2D eigenvalue weighted by Crippen LogP contribution is -2.11. The summed E-state index contributed by atoms with van der Waals surface area (Å²) >= 11 is 9.09. The van der Waals surface area contributed by atoms with Crippen LogP contribution < -0.4 is 4.74 Å². The number of aryl methyl sites for hydroxylation is 1. The Kier molecular flexibility index (Phi) is 3.99. The van der Waals surface area contributed by atoms with E-state index in [2.05, 4.69) is 20.9 Å². The molecular weight excluding hydrogens is 318 g/mol. The molecule has 0 saturated heterocycles. The Bertz CT molecular complexity index is 601. The van der Waals surface area contributed by atoms with Crippen molar-refractivity contribution in [2.45, 2.75) is 6.92 Å². The summed E-state index contributed by atoms with van der Waals surface area (Å²) in [7, 11) is 0. The fourth-order valence-electron chi connectivity index (χ4n) is 1.37. The first-order valence-corrected chi connectivity index (χ1v) is 6.34. The Balaban J connectivity index is 2.21. The van der Waals surface area contributed by atoms with Gasteiger partial charge in [0.15, 0.2) is 0 Å². The quantitative estimate of drug-likeness (QED) is 0.618. The highest BCUT2D eigenvalue weighted by atomic mass is 79.9. The minimum Gasteiger partial charge on any atom is -0.421 e. The molecule has 0 atom stereocenters. The molecule has 0 bridgehead atoms. The highest BCUT2D eigenvalue weighted by molar-refractivity contribution is 9.10. The van der Waals surface area contributed by atoms with Crippen LogP contribution in [0.5, 0.6) is 5.75 Å². The van der Waals surface area contributed by atoms with Crippen molar-refractivity contribution < 1.29 is 9.53 Å². The topological polar surface area (TPSA) is 39.2 Å². The van der Waals surface area contributed by atoms with Gasteiger partial charge in [-0.15, -0.1) is 0 Å². The van der Waals surface area contributed by atoms with Crippen molar-refractivity contribution in [3.05, 3.63) is 57.3 Å². The van der Waals surface area contributed by atoms with Crippen molar-refractivity contribution in [3.63, 3.8) is 0 Å². The number of pyridine rings is 1. The first-order chi connectivity index (χ1) is 8.56. The summed E-state index contributed by atoms with van der Waals surface area (Å²) in [6.45, 7) is 1.81. The summed E-state index contributed by atoms with van der Waals surface area (Å²) in [4.78, 5) is 16.0. The van der Waals surface area contributed by atoms with Gasteiger partial charge in [-0.05, 0) is 53.2 Å². The minimum atomic E-state index is -0.498. The molecule has 0 spiro atoms. The molecule has 0 fully saturated rings. The summed E-state index contributed by atoms with van der Waals surface area (Å²) in [5, 5.41) is 0.565. The first-order valence-electron chi connectivity index (χ1n) is 5.17. The zero-order valence-electron chi connectivity index (χ0n) is 9.48. The van der Waals surface area contributed by atoms with Gasteiger partial charge in [0.1, 0.15) is 11.4 Å². The van der Waals surface area contributed by atoms with Gasteiger partial charge in [-0.2, -0.15) is 0 Å². The average Bonchev–Trinajstić information content (AvgIpc) is 2.32. The molecule has 1 heterocycles. The monoisotopic (exact) mass is 325 g/mol. The van der Waals surface area contributed by atoms with E-state index in [9.17, 15) is 4.79 Å². The second-order valence-electron chi connectivity index (χ2n) is 3.63. The van der Waals surface area contributed by atoms with Gasteiger partial charge in [0.05, 0.1) is 4.47 Å². The standard InChI is InChI=1S/C13H9BrClNO2/c1-8-3-2-4-11(16-8)13(17)18-12-6-5-9(15)7-10(12)14/h2-7H,1H3. The van der Waals surface area contributed by atoms with Gasteiger partial charge in [0.2, 0.25) is 0 Å². The number of benzene rings is 1. The zero-order valence-corrected chi connectivity index (χ0v) is 11.8. The van der Waals surface area contributed by atoms with Crippen LogP contribution in [0.1, 0.15) is 16.2 Å². The van der Waals surface area contributed by atoms with E-state index in [1.807, 2.05) is 13.0 Å². The van der Waals surface area contributed by atoms with E-state index in [0.717, 1.165) is 5.69 Å². The molecule has 0 aliphatic carbocycles. The van der Waals surface area contributed by atoms with Gasteiger partial charge in [-0.1, -0.05) is 17.7 Å². The minimum absolute atomic E-state index is 0.275. The molecule has 0 aliphatic heterocycles. The number of esters is 1. The molecule has 0 aliphatic rings. The molecule has 1 aromatic heterocycles. The molecule has 5 heteroatoms. The third-order valence-electron chi connectivity index (χ3n) is 2.19. The largest absolute Gasteiger partial charge is 0.421 e. The molecule has 2 rings (SSSR count). The fourth-order valence-corrected chi connectivity index (χ4v) is 2.13. The van der Waals surface area contributed by atoms with E-state index in [-0.39, 0.29) is 5.69 Å². The molecular formula is C13H9BrClNO2. The lowest BCUT2D eigenvalue weighted by molar-refractivity contribution is 0.0727. The molecule has 2 aromatic rings. The van der Waals surface area contributed by atoms with Crippen LogP contribution in [-0.2, 0) is 0 Å². The summed E-state index contributed by atoms with van der Waals surface area (Å²) in [5.41, 5.74) is 1.04. The van der Waals surface area contributed by atoms with Gasteiger partial charge in [-0.3, -0.25) is 0 Å². The Morgan fingerprint density at radius 3 is 2.78 bits per heavy atom. The van der Waals surface area contributed by atoms with Crippen LogP contribution in [-0.4, -0.2) is 11.0 Å². The molecule has 0 N–H and O–H groups in total. The van der Waals surface area contributed by atoms with Crippen LogP contribution in [0.3, 0.4) is 0 Å². The Morgan fingerprint density at radius 2 is 2.11 bits per heavy atom. The van der Waals surface area contributed by atoms with Crippen LogP contribution in [0, 0.1) is 6.92 Å². The molecule has 0 radical (unpaired) electrons. The van der Waals surface area contributed by atoms with Gasteiger partial charge >= 0.3 is 5.97 Å². The van der Waals surface area contributed by atoms with Crippen LogP contribution >= 0.6 is 27.5 Å². The highest BCUT2D eigenvalue weighted by Crippen LogP contribution is 2.28. The number of hydrogen-bond acceptors (Lipinski definition) is 3. The average molecular weight is 327 g/mol. The normalized spacial score (nSPS) is 10.2. The summed E-state index contributed by atoms with van der Waals surface area (Å²) in [5.74, 6) is -0.0885. The number of carbonyl (C=O) groups is 1. The van der Waals surface area contributed by atoms with E-state index in [0.29, 0.717) is 15.2 Å². The third-order valence-corrected chi connectivity index (χ3v) is 3.05. The molecule has 1 aromatic carbocycles. The predicted octanol–water partition coefficient (Wildman–Crippen LogP) is 4.03. The second-order valence-corrected chi connectivity index (χ2v) is 4.92. The molecule has 18 heavy (non-hydrogen) atoms. The maximum atomic E-state index is 11.9. The molecule has 0 unspecified atom stereocenters. The number of aromatic nitrogens is 1. The highest BCUT2D eigenvalue weighted by Gasteiger charge is 2.12. The van der Waals surface area contributed by atoms with Gasteiger partial charge < -0.3 is 4.74 Å². The van der Waals surface area contributed by atoms with Crippen molar-refractivity contribution in [1.82, 2.24) is 4.98 Å². The summed E-state index contributed by atoms with van der Waals surface area (Å²) in [6.07, 6.45) is 0. The predicted molar refractivity (Wildman–Crippen MR) is 73.1 cm³/mol. The number of rotatable bonds is 2. The lowest BCUT2D eigenvalue weighted by atomic mass is 10.3. The summed E-state index contributed by atoms with van der Waals surface area (Å²) < 4.78 is 5.86. The maximum Gasteiger partial charge on any atom is 0.362 e. The van der Waals surface area contributed by atoms with Gasteiger partial charge in [0.25, 0.3) is 0 Å². The van der Waals surface area contributed by atoms with Crippen LogP contribution in [0.25, 0.3) is 0 Å². The smallest absolute Gasteiger partial charge is 0.362 e. The van der Waals surface area contributed by atoms with E-state index in [4.69, 9.17) is 16.3 Å². The van der Waals surface area contributed by atoms with Crippen molar-refractivity contribution in [2.24, 2.45) is 0 Å². The number of hydrogen-bond donors (Lipinski definition) is 0. The van der Waals surface area contributed by atoms with Gasteiger partial charge in [0, 0.05) is 10.7 Å². The van der Waals surface area contributed by atoms with Crippen LogP contribution in [0.2, 0.25) is 5.02 Å². The Hall–Kier alpha value is -1.39. The molecule has 3 nitrogen and oxygen atoms in total. The van der Waals surface area contributed by atoms with E-state index in [1.54, 1.807) is 30.3 Å². The van der Waals surface area contributed by atoms with Crippen molar-refractivity contribution >= 4 is 33.5 Å². The lowest BCUT2D eigenvalue weighted by Gasteiger charge is -2.06. The number of halogens is 2. The zero-order chi connectivity index (χ0) is 13.1. The van der Waals surface area contributed by atoms with E-state index in [1.165, 1.54) is 0 Å². The Labute approximate surface area is 118 Å². The first kappa shape index (κ1) is 13.1. The molecule has 0 saturated carbocycles. The van der Waals surface area contributed by atoms with Crippen molar-refractivity contribution in [1.29, 1.82) is 0 Å². The van der Waals surface area contributed by atoms with Crippen molar-refractivity contribution in [3.8, 4) is 5.75 Å². The number of ether oxygens (including phenoxy) is 1. The van der Waals surface area contributed by atoms with Crippen molar-refractivity contribution in [2.75, 3.05) is 0 Å². The fraction of sp³-hybridized carbons (Fsp3) is 0.0769. The second kappa shape index (κ2) is 5.50. The molecule has 92 valence electrons. The maximum absolute atomic E-state index is 11.9. The Morgan fingerprint density at radius 1 is 1.33 bits per heavy atom.